The van der Waals surface area contributed by atoms with Crippen molar-refractivity contribution in [1.29, 1.82) is 0 Å². The number of nitro benzene ring substituents is 1. The number of carbonyl (C=O) groups is 2. The average molecular weight is 443 g/mol. The lowest BCUT2D eigenvalue weighted by atomic mass is 10.1. The highest BCUT2D eigenvalue weighted by Gasteiger charge is 2.33. The fraction of sp³-hybridized carbons (Fsp3) is 0.368. The molecule has 9 nitrogen and oxygen atoms in total. The summed E-state index contributed by atoms with van der Waals surface area (Å²) in [6, 6.07) is 3.58. The molecule has 1 heterocycles. The second-order valence-electron chi connectivity index (χ2n) is 6.59. The summed E-state index contributed by atoms with van der Waals surface area (Å²) < 4.78 is 48.3. The average Bonchev–Trinajstić information content (AvgIpc) is 3.06. The van der Waals surface area contributed by atoms with Crippen molar-refractivity contribution < 1.29 is 36.8 Å². The lowest BCUT2D eigenvalue weighted by Crippen LogP contribution is -2.27. The Kier molecular flexibility index (Phi) is 7.26. The molecule has 0 spiro atoms. The fourth-order valence-corrected chi connectivity index (χ4v) is 2.76. The van der Waals surface area contributed by atoms with Crippen LogP contribution in [0.3, 0.4) is 0 Å². The van der Waals surface area contributed by atoms with Gasteiger partial charge in [-0.05, 0) is 25.1 Å². The largest absolute Gasteiger partial charge is 0.465 e. The number of benzene rings is 1. The van der Waals surface area contributed by atoms with E-state index in [1.807, 2.05) is 0 Å². The van der Waals surface area contributed by atoms with E-state index in [0.29, 0.717) is 17.6 Å². The Morgan fingerprint density at radius 2 is 1.97 bits per heavy atom. The molecule has 0 unspecified atom stereocenters. The van der Waals surface area contributed by atoms with Gasteiger partial charge < -0.3 is 19.4 Å². The van der Waals surface area contributed by atoms with Gasteiger partial charge in [0.25, 0.3) is 5.69 Å². The zero-order chi connectivity index (χ0) is 23.3. The molecule has 0 aliphatic rings. The lowest BCUT2D eigenvalue weighted by molar-refractivity contribution is -0.384. The minimum atomic E-state index is -4.71. The molecule has 0 radical (unpaired) electrons. The van der Waals surface area contributed by atoms with E-state index in [1.54, 1.807) is 6.92 Å². The normalized spacial score (nSPS) is 11.2. The van der Waals surface area contributed by atoms with Gasteiger partial charge in [-0.25, -0.2) is 4.79 Å². The Labute approximate surface area is 174 Å². The molecule has 31 heavy (non-hydrogen) atoms. The van der Waals surface area contributed by atoms with Gasteiger partial charge >= 0.3 is 12.1 Å². The summed E-state index contributed by atoms with van der Waals surface area (Å²) in [6.45, 7) is 1.61. The Hall–Kier alpha value is -3.57. The molecule has 0 aliphatic heterocycles. The first-order chi connectivity index (χ1) is 14.4. The molecule has 0 bridgehead atoms. The molecule has 1 aromatic heterocycles. The highest BCUT2D eigenvalue weighted by Crippen LogP contribution is 2.34. The van der Waals surface area contributed by atoms with Crippen LogP contribution < -0.4 is 5.32 Å². The van der Waals surface area contributed by atoms with E-state index in [9.17, 15) is 32.9 Å². The van der Waals surface area contributed by atoms with Crippen molar-refractivity contribution in [2.75, 3.05) is 26.0 Å². The molecule has 1 N–H and O–H groups in total. The summed E-state index contributed by atoms with van der Waals surface area (Å²) in [6.07, 6.45) is -4.79. The fourth-order valence-electron chi connectivity index (χ4n) is 2.76. The van der Waals surface area contributed by atoms with E-state index in [0.717, 1.165) is 12.1 Å². The van der Waals surface area contributed by atoms with Gasteiger partial charge in [0.2, 0.25) is 5.91 Å². The maximum atomic E-state index is 12.8. The molecule has 168 valence electrons. The smallest absolute Gasteiger partial charge is 0.416 e. The molecule has 12 heteroatoms. The molecule has 0 fully saturated rings. The number of amides is 1. The molecular weight excluding hydrogens is 423 g/mol. The van der Waals surface area contributed by atoms with Crippen LogP contribution in [0.5, 0.6) is 0 Å². The van der Waals surface area contributed by atoms with Crippen molar-refractivity contribution in [3.8, 4) is 0 Å². The second kappa shape index (κ2) is 9.49. The van der Waals surface area contributed by atoms with Crippen LogP contribution in [0.15, 0.2) is 28.7 Å². The highest BCUT2D eigenvalue weighted by atomic mass is 19.4. The molecular formula is C19H20F3N3O6. The molecule has 1 aromatic carbocycles. The molecule has 2 rings (SSSR count). The number of nitro groups is 1. The number of furan rings is 1. The van der Waals surface area contributed by atoms with E-state index >= 15 is 0 Å². The van der Waals surface area contributed by atoms with Crippen LogP contribution in [0, 0.1) is 17.0 Å². The van der Waals surface area contributed by atoms with Crippen molar-refractivity contribution in [3.63, 3.8) is 0 Å². The van der Waals surface area contributed by atoms with Gasteiger partial charge in [-0.3, -0.25) is 14.9 Å². The Morgan fingerprint density at radius 1 is 1.29 bits per heavy atom. The van der Waals surface area contributed by atoms with Gasteiger partial charge in [0.05, 0.1) is 24.1 Å². The first kappa shape index (κ1) is 23.7. The Bertz CT molecular complexity index is 987. The minimum absolute atomic E-state index is 0.0417. The number of hydrogen-bond donors (Lipinski definition) is 1. The van der Waals surface area contributed by atoms with Gasteiger partial charge in [0.15, 0.2) is 0 Å². The van der Waals surface area contributed by atoms with Crippen LogP contribution in [0.1, 0.15) is 33.9 Å². The van der Waals surface area contributed by atoms with Crippen LogP contribution in [0.2, 0.25) is 0 Å². The van der Waals surface area contributed by atoms with Gasteiger partial charge in [-0.1, -0.05) is 0 Å². The van der Waals surface area contributed by atoms with Crippen LogP contribution in [0.25, 0.3) is 0 Å². The van der Waals surface area contributed by atoms with E-state index in [2.05, 4.69) is 10.1 Å². The number of nitrogens with one attached hydrogen (secondary N) is 1. The number of esters is 1. The van der Waals surface area contributed by atoms with Gasteiger partial charge in [0, 0.05) is 26.1 Å². The molecule has 0 atom stereocenters. The van der Waals surface area contributed by atoms with Crippen molar-refractivity contribution in [3.05, 3.63) is 57.0 Å². The maximum Gasteiger partial charge on any atom is 0.416 e. The van der Waals surface area contributed by atoms with E-state index in [4.69, 9.17) is 4.42 Å². The predicted molar refractivity (Wildman–Crippen MR) is 102 cm³/mol. The van der Waals surface area contributed by atoms with Crippen molar-refractivity contribution in [2.45, 2.75) is 26.1 Å². The quantitative estimate of drug-likeness (QED) is 0.375. The van der Waals surface area contributed by atoms with Crippen molar-refractivity contribution in [1.82, 2.24) is 4.90 Å². The number of aryl methyl sites for hydroxylation is 1. The lowest BCUT2D eigenvalue weighted by Gasteiger charge is -2.16. The number of methoxy groups -OCH3 is 1. The zero-order valence-corrected chi connectivity index (χ0v) is 16.9. The van der Waals surface area contributed by atoms with E-state index in [1.165, 1.54) is 25.1 Å². The SMILES string of the molecule is COC(=O)c1cc(CN(C)C(=O)CCNc2ccc(C(F)(F)F)cc2[N+](=O)[O-])oc1C. The third kappa shape index (κ3) is 5.96. The second-order valence-corrected chi connectivity index (χ2v) is 6.59. The zero-order valence-electron chi connectivity index (χ0n) is 16.9. The summed E-state index contributed by atoms with van der Waals surface area (Å²) in [5.74, 6) is -0.210. The number of halogens is 3. The molecule has 0 saturated carbocycles. The van der Waals surface area contributed by atoms with Gasteiger partial charge in [0.1, 0.15) is 22.8 Å². The Balaban J connectivity index is 1.97. The number of rotatable bonds is 8. The third-order valence-corrected chi connectivity index (χ3v) is 4.37. The van der Waals surface area contributed by atoms with Gasteiger partial charge in [-0.15, -0.1) is 0 Å². The molecule has 0 saturated heterocycles. The van der Waals surface area contributed by atoms with Crippen molar-refractivity contribution >= 4 is 23.3 Å². The van der Waals surface area contributed by atoms with Crippen molar-refractivity contribution in [2.24, 2.45) is 0 Å². The summed E-state index contributed by atoms with van der Waals surface area (Å²) in [5, 5.41) is 13.7. The minimum Gasteiger partial charge on any atom is -0.465 e. The molecule has 2 aromatic rings. The summed E-state index contributed by atoms with van der Waals surface area (Å²) in [7, 11) is 2.73. The number of hydrogen-bond acceptors (Lipinski definition) is 7. The van der Waals surface area contributed by atoms with E-state index in [-0.39, 0.29) is 36.7 Å². The van der Waals surface area contributed by atoms with Gasteiger partial charge in [-0.2, -0.15) is 13.2 Å². The van der Waals surface area contributed by atoms with E-state index < -0.39 is 28.3 Å². The molecule has 0 aliphatic carbocycles. The van der Waals surface area contributed by atoms with Crippen LogP contribution >= 0.6 is 0 Å². The Morgan fingerprint density at radius 3 is 2.55 bits per heavy atom. The third-order valence-electron chi connectivity index (χ3n) is 4.37. The summed E-state index contributed by atoms with van der Waals surface area (Å²) >= 11 is 0. The predicted octanol–water partition coefficient (Wildman–Crippen LogP) is 3.76. The maximum absolute atomic E-state index is 12.8. The number of alkyl halides is 3. The number of nitrogens with zero attached hydrogens (tertiary/aromatic N) is 2. The number of ether oxygens (including phenoxy) is 1. The standard InChI is InChI=1S/C19H20F3N3O6/c1-11-14(18(27)30-3)9-13(31-11)10-24(2)17(26)6-7-23-15-5-4-12(19(20,21)22)8-16(15)25(28)29/h4-5,8-9,23H,6-7,10H2,1-3H3. The highest BCUT2D eigenvalue weighted by molar-refractivity contribution is 5.90. The summed E-state index contributed by atoms with van der Waals surface area (Å²) in [5.41, 5.74) is -1.76. The number of carbonyl (C=O) groups excluding carboxylic acids is 2. The summed E-state index contributed by atoms with van der Waals surface area (Å²) in [4.78, 5) is 35.4. The monoisotopic (exact) mass is 443 g/mol. The topological polar surface area (TPSA) is 115 Å². The number of anilines is 1. The van der Waals surface area contributed by atoms with Crippen LogP contribution in [0.4, 0.5) is 24.5 Å². The first-order valence-corrected chi connectivity index (χ1v) is 8.95. The molecule has 1 amide bonds. The van der Waals surface area contributed by atoms with Crippen LogP contribution in [-0.2, 0) is 22.3 Å². The van der Waals surface area contributed by atoms with Crippen LogP contribution in [-0.4, -0.2) is 42.4 Å². The first-order valence-electron chi connectivity index (χ1n) is 8.95.